The van der Waals surface area contributed by atoms with E-state index in [1.165, 1.54) is 0 Å². The smallest absolute Gasteiger partial charge is 0.411 e. The molecule has 0 aromatic heterocycles. The maximum Gasteiger partial charge on any atom is 0.411 e. The van der Waals surface area contributed by atoms with Gasteiger partial charge in [0.15, 0.2) is 12.1 Å². The minimum Gasteiger partial charge on any atom is -0.438 e. The van der Waals surface area contributed by atoms with Gasteiger partial charge in [-0.2, -0.15) is 0 Å². The van der Waals surface area contributed by atoms with E-state index in [1.807, 2.05) is 61.2 Å². The molecular weight excluding hydrogens is 456 g/mol. The average Bonchev–Trinajstić information content (AvgIpc) is 3.19. The summed E-state index contributed by atoms with van der Waals surface area (Å²) in [6.45, 7) is 10.3. The van der Waals surface area contributed by atoms with E-state index in [-0.39, 0.29) is 17.7 Å². The number of carbonyl (C=O) groups is 3. The van der Waals surface area contributed by atoms with Crippen molar-refractivity contribution in [1.29, 1.82) is 0 Å². The van der Waals surface area contributed by atoms with Crippen LogP contribution in [-0.2, 0) is 20.9 Å². The number of piperazine rings is 1. The van der Waals surface area contributed by atoms with Crippen molar-refractivity contribution in [2.75, 3.05) is 38.0 Å². The van der Waals surface area contributed by atoms with Crippen LogP contribution >= 0.6 is 0 Å². The average molecular weight is 493 g/mol. The first-order valence-corrected chi connectivity index (χ1v) is 12.8. The van der Waals surface area contributed by atoms with E-state index in [4.69, 9.17) is 4.74 Å². The van der Waals surface area contributed by atoms with Gasteiger partial charge in [0.05, 0.1) is 6.54 Å². The lowest BCUT2D eigenvalue weighted by molar-refractivity contribution is -0.138. The highest BCUT2D eigenvalue weighted by molar-refractivity contribution is 5.91. The van der Waals surface area contributed by atoms with Crippen molar-refractivity contribution in [2.24, 2.45) is 5.92 Å². The van der Waals surface area contributed by atoms with E-state index in [0.29, 0.717) is 31.7 Å². The number of carbonyl (C=O) groups excluding carboxylic acids is 3. The molecule has 0 spiro atoms. The zero-order valence-electron chi connectivity index (χ0n) is 21.4. The summed E-state index contributed by atoms with van der Waals surface area (Å²) in [4.78, 5) is 44.7. The fourth-order valence-corrected chi connectivity index (χ4v) is 4.78. The highest BCUT2D eigenvalue weighted by Crippen LogP contribution is 2.35. The van der Waals surface area contributed by atoms with Crippen LogP contribution in [0.1, 0.15) is 44.4 Å². The molecule has 2 unspecified atom stereocenters. The van der Waals surface area contributed by atoms with Gasteiger partial charge in [-0.3, -0.25) is 14.5 Å². The Hall–Kier alpha value is -3.39. The zero-order valence-corrected chi connectivity index (χ0v) is 21.4. The molecule has 36 heavy (non-hydrogen) atoms. The highest BCUT2D eigenvalue weighted by atomic mass is 16.6. The normalized spacial score (nSPS) is 20.5. The SMILES string of the molecule is CCN1CCN(C(=O)C2C(c3ccc(NC(=O)CC(C)C)cc3)OC(=O)N2Cc2ccccc2)CC1. The number of rotatable bonds is 8. The molecule has 4 rings (SSSR count). The van der Waals surface area contributed by atoms with Gasteiger partial charge in [0.1, 0.15) is 0 Å². The first-order chi connectivity index (χ1) is 17.4. The quantitative estimate of drug-likeness (QED) is 0.605. The van der Waals surface area contributed by atoms with Crippen molar-refractivity contribution in [1.82, 2.24) is 14.7 Å². The minimum absolute atomic E-state index is 0.0432. The number of amides is 3. The maximum atomic E-state index is 13.8. The number of hydrogen-bond donors (Lipinski definition) is 1. The van der Waals surface area contributed by atoms with Crippen LogP contribution in [-0.4, -0.2) is 71.4 Å². The number of cyclic esters (lactones) is 1. The number of hydrogen-bond acceptors (Lipinski definition) is 5. The second-order valence-electron chi connectivity index (χ2n) is 9.89. The molecule has 2 aliphatic heterocycles. The number of benzene rings is 2. The lowest BCUT2D eigenvalue weighted by Crippen LogP contribution is -2.54. The second-order valence-corrected chi connectivity index (χ2v) is 9.89. The van der Waals surface area contributed by atoms with Gasteiger partial charge < -0.3 is 19.9 Å². The van der Waals surface area contributed by atoms with Crippen LogP contribution < -0.4 is 5.32 Å². The molecule has 3 amide bonds. The van der Waals surface area contributed by atoms with Gasteiger partial charge in [0.2, 0.25) is 11.8 Å². The number of ether oxygens (including phenoxy) is 1. The Balaban J connectivity index is 1.56. The number of nitrogens with zero attached hydrogens (tertiary/aromatic N) is 3. The molecule has 8 heteroatoms. The summed E-state index contributed by atoms with van der Waals surface area (Å²) in [7, 11) is 0. The van der Waals surface area contributed by atoms with E-state index in [1.54, 1.807) is 17.0 Å². The van der Waals surface area contributed by atoms with E-state index < -0.39 is 18.2 Å². The first kappa shape index (κ1) is 25.7. The van der Waals surface area contributed by atoms with Crippen molar-refractivity contribution in [2.45, 2.75) is 45.9 Å². The van der Waals surface area contributed by atoms with Crippen molar-refractivity contribution < 1.29 is 19.1 Å². The van der Waals surface area contributed by atoms with Crippen LogP contribution in [0.2, 0.25) is 0 Å². The van der Waals surface area contributed by atoms with E-state index in [9.17, 15) is 14.4 Å². The van der Waals surface area contributed by atoms with Gasteiger partial charge in [0, 0.05) is 38.3 Å². The van der Waals surface area contributed by atoms with Crippen LogP contribution in [0.3, 0.4) is 0 Å². The third-order valence-electron chi connectivity index (χ3n) is 6.78. The van der Waals surface area contributed by atoms with Crippen LogP contribution in [0, 0.1) is 5.92 Å². The molecule has 2 aliphatic rings. The van der Waals surface area contributed by atoms with Crippen LogP contribution in [0.25, 0.3) is 0 Å². The summed E-state index contributed by atoms with van der Waals surface area (Å²) < 4.78 is 5.81. The highest BCUT2D eigenvalue weighted by Gasteiger charge is 2.48. The van der Waals surface area contributed by atoms with E-state index in [2.05, 4.69) is 17.1 Å². The molecule has 1 N–H and O–H groups in total. The Morgan fingerprint density at radius 3 is 2.28 bits per heavy atom. The van der Waals surface area contributed by atoms with Gasteiger partial charge >= 0.3 is 6.09 Å². The third kappa shape index (κ3) is 6.05. The molecule has 8 nitrogen and oxygen atoms in total. The Labute approximate surface area is 213 Å². The molecule has 2 heterocycles. The van der Waals surface area contributed by atoms with Crippen LogP contribution in [0.5, 0.6) is 0 Å². The Bertz CT molecular complexity index is 1050. The minimum atomic E-state index is -0.757. The number of anilines is 1. The lowest BCUT2D eigenvalue weighted by Gasteiger charge is -2.37. The van der Waals surface area contributed by atoms with E-state index in [0.717, 1.165) is 30.8 Å². The molecule has 0 aliphatic carbocycles. The summed E-state index contributed by atoms with van der Waals surface area (Å²) in [6, 6.07) is 16.1. The standard InChI is InChI=1S/C28H36N4O4/c1-4-30-14-16-31(17-15-30)27(34)25-26(36-28(35)32(25)19-21-8-6-5-7-9-21)22-10-12-23(13-11-22)29-24(33)18-20(2)3/h5-13,20,25-26H,4,14-19H2,1-3H3,(H,29,33). The van der Waals surface area contributed by atoms with Crippen LogP contribution in [0.15, 0.2) is 54.6 Å². The second kappa shape index (κ2) is 11.6. The molecule has 0 saturated carbocycles. The molecule has 2 aromatic carbocycles. The Morgan fingerprint density at radius 1 is 1.00 bits per heavy atom. The van der Waals surface area contributed by atoms with Crippen LogP contribution in [0.4, 0.5) is 10.5 Å². The molecule has 2 atom stereocenters. The summed E-state index contributed by atoms with van der Waals surface area (Å²) in [6.07, 6.45) is -0.778. The largest absolute Gasteiger partial charge is 0.438 e. The summed E-state index contributed by atoms with van der Waals surface area (Å²) in [5.74, 6) is 0.133. The van der Waals surface area contributed by atoms with Gasteiger partial charge in [0.25, 0.3) is 0 Å². The molecular formula is C28H36N4O4. The Morgan fingerprint density at radius 2 is 1.67 bits per heavy atom. The predicted molar refractivity (Wildman–Crippen MR) is 138 cm³/mol. The van der Waals surface area contributed by atoms with Gasteiger partial charge in [-0.15, -0.1) is 0 Å². The van der Waals surface area contributed by atoms with Gasteiger partial charge in [-0.25, -0.2) is 4.79 Å². The maximum absolute atomic E-state index is 13.8. The summed E-state index contributed by atoms with van der Waals surface area (Å²) >= 11 is 0. The Kier molecular flexibility index (Phi) is 8.25. The van der Waals surface area contributed by atoms with E-state index >= 15 is 0 Å². The van der Waals surface area contributed by atoms with Gasteiger partial charge in [-0.1, -0.05) is 63.2 Å². The monoisotopic (exact) mass is 492 g/mol. The first-order valence-electron chi connectivity index (χ1n) is 12.8. The summed E-state index contributed by atoms with van der Waals surface area (Å²) in [5, 5.41) is 2.90. The molecule has 192 valence electrons. The van der Waals surface area contributed by atoms with Gasteiger partial charge in [-0.05, 0) is 35.7 Å². The fourth-order valence-electron chi connectivity index (χ4n) is 4.78. The lowest BCUT2D eigenvalue weighted by atomic mass is 9.99. The number of nitrogens with one attached hydrogen (secondary N) is 1. The summed E-state index contributed by atoms with van der Waals surface area (Å²) in [5.41, 5.74) is 2.34. The van der Waals surface area contributed by atoms with Crippen molar-refractivity contribution in [3.8, 4) is 0 Å². The zero-order chi connectivity index (χ0) is 25.7. The molecule has 2 saturated heterocycles. The van der Waals surface area contributed by atoms with Crippen molar-refractivity contribution >= 4 is 23.6 Å². The fraction of sp³-hybridized carbons (Fsp3) is 0.464. The predicted octanol–water partition coefficient (Wildman–Crippen LogP) is 3.90. The van der Waals surface area contributed by atoms with Crippen molar-refractivity contribution in [3.63, 3.8) is 0 Å². The third-order valence-corrected chi connectivity index (χ3v) is 6.78. The van der Waals surface area contributed by atoms with Crippen molar-refractivity contribution in [3.05, 3.63) is 65.7 Å². The molecule has 0 radical (unpaired) electrons. The number of likely N-dealkylation sites (N-methyl/N-ethyl adjacent to an activating group) is 1. The molecule has 2 aromatic rings. The topological polar surface area (TPSA) is 82.2 Å². The molecule has 2 fully saturated rings. The molecule has 0 bridgehead atoms.